The summed E-state index contributed by atoms with van der Waals surface area (Å²) in [5.74, 6) is 0. The van der Waals surface area contributed by atoms with Gasteiger partial charge >= 0.3 is 0 Å². The molecular weight excluding hydrogens is 206 g/mol. The van der Waals surface area contributed by atoms with Gasteiger partial charge in [-0.2, -0.15) is 0 Å². The van der Waals surface area contributed by atoms with E-state index in [0.29, 0.717) is 6.54 Å². The molecule has 2 rings (SSSR count). The fourth-order valence-corrected chi connectivity index (χ4v) is 2.06. The van der Waals surface area contributed by atoms with Crippen molar-refractivity contribution in [2.75, 3.05) is 0 Å². The minimum Gasteiger partial charge on any atom is -0.326 e. The van der Waals surface area contributed by atoms with Gasteiger partial charge in [0.15, 0.2) is 5.16 Å². The maximum Gasteiger partial charge on any atom is 0.192 e. The van der Waals surface area contributed by atoms with E-state index in [9.17, 15) is 0 Å². The van der Waals surface area contributed by atoms with E-state index >= 15 is 0 Å². The lowest BCUT2D eigenvalue weighted by Crippen LogP contribution is -1.98. The molecule has 0 fully saturated rings. The highest BCUT2D eigenvalue weighted by Crippen LogP contribution is 2.26. The first-order valence-electron chi connectivity index (χ1n) is 4.63. The van der Waals surface area contributed by atoms with Gasteiger partial charge in [-0.1, -0.05) is 18.2 Å². The molecule has 0 aliphatic carbocycles. The molecule has 0 atom stereocenters. The van der Waals surface area contributed by atoms with Crippen LogP contribution in [0, 0.1) is 0 Å². The van der Waals surface area contributed by atoms with Crippen LogP contribution in [0.3, 0.4) is 0 Å². The summed E-state index contributed by atoms with van der Waals surface area (Å²) in [6.07, 6.45) is 3.47. The number of rotatable bonds is 3. The van der Waals surface area contributed by atoms with Gasteiger partial charge in [-0.3, -0.25) is 0 Å². The Morgan fingerprint density at radius 1 is 1.07 bits per heavy atom. The molecule has 76 valence electrons. The first-order valence-corrected chi connectivity index (χ1v) is 5.44. The van der Waals surface area contributed by atoms with Crippen molar-refractivity contribution in [1.29, 1.82) is 0 Å². The first-order chi connectivity index (χ1) is 7.40. The number of benzene rings is 1. The van der Waals surface area contributed by atoms with Crippen LogP contribution in [0.25, 0.3) is 0 Å². The van der Waals surface area contributed by atoms with Gasteiger partial charge in [0.2, 0.25) is 0 Å². The molecule has 1 aromatic carbocycles. The summed E-state index contributed by atoms with van der Waals surface area (Å²) in [7, 11) is 0. The maximum absolute atomic E-state index is 5.65. The van der Waals surface area contributed by atoms with E-state index in [-0.39, 0.29) is 0 Å². The Labute approximate surface area is 92.8 Å². The molecule has 4 heteroatoms. The molecule has 0 spiro atoms. The second kappa shape index (κ2) is 4.91. The van der Waals surface area contributed by atoms with Crippen LogP contribution >= 0.6 is 11.8 Å². The van der Waals surface area contributed by atoms with Gasteiger partial charge in [0.1, 0.15) is 0 Å². The Bertz CT molecular complexity index is 431. The van der Waals surface area contributed by atoms with Crippen molar-refractivity contribution in [3.05, 3.63) is 48.3 Å². The molecule has 0 unspecified atom stereocenters. The van der Waals surface area contributed by atoms with Crippen molar-refractivity contribution < 1.29 is 0 Å². The molecule has 0 aliphatic heterocycles. The molecule has 2 aromatic rings. The van der Waals surface area contributed by atoms with Crippen LogP contribution in [0.1, 0.15) is 5.56 Å². The predicted octanol–water partition coefficient (Wildman–Crippen LogP) is 2.09. The van der Waals surface area contributed by atoms with E-state index < -0.39 is 0 Å². The summed E-state index contributed by atoms with van der Waals surface area (Å²) in [6, 6.07) is 9.83. The third-order valence-electron chi connectivity index (χ3n) is 1.94. The highest BCUT2D eigenvalue weighted by Gasteiger charge is 2.03. The van der Waals surface area contributed by atoms with E-state index in [2.05, 4.69) is 9.97 Å². The summed E-state index contributed by atoms with van der Waals surface area (Å²) in [5.41, 5.74) is 6.77. The molecule has 15 heavy (non-hydrogen) atoms. The Morgan fingerprint density at radius 2 is 1.80 bits per heavy atom. The summed E-state index contributed by atoms with van der Waals surface area (Å²) in [5, 5.41) is 0.749. The molecule has 0 bridgehead atoms. The van der Waals surface area contributed by atoms with Gasteiger partial charge in [-0.25, -0.2) is 9.97 Å². The van der Waals surface area contributed by atoms with E-state index in [1.165, 1.54) is 11.8 Å². The van der Waals surface area contributed by atoms with Gasteiger partial charge < -0.3 is 5.73 Å². The molecule has 0 amide bonds. The molecule has 2 N–H and O–H groups in total. The summed E-state index contributed by atoms with van der Waals surface area (Å²) in [6.45, 7) is 0.538. The Balaban J connectivity index is 2.24. The number of nitrogens with zero attached hydrogens (tertiary/aromatic N) is 2. The van der Waals surface area contributed by atoms with Crippen molar-refractivity contribution in [3.63, 3.8) is 0 Å². The van der Waals surface area contributed by atoms with Gasteiger partial charge in [0.25, 0.3) is 0 Å². The average molecular weight is 217 g/mol. The molecule has 0 aliphatic rings. The standard InChI is InChI=1S/C11H11N3S/c12-8-9-4-1-2-5-10(9)15-11-13-6-3-7-14-11/h1-7H,8,12H2. The normalized spacial score (nSPS) is 10.2. The van der Waals surface area contributed by atoms with Crippen LogP contribution in [-0.2, 0) is 6.54 Å². The SMILES string of the molecule is NCc1ccccc1Sc1ncccn1. The lowest BCUT2D eigenvalue weighted by atomic mass is 10.2. The molecule has 0 saturated carbocycles. The van der Waals surface area contributed by atoms with Crippen molar-refractivity contribution in [2.45, 2.75) is 16.6 Å². The van der Waals surface area contributed by atoms with Crippen molar-refractivity contribution >= 4 is 11.8 Å². The average Bonchev–Trinajstić information content (AvgIpc) is 2.31. The van der Waals surface area contributed by atoms with Crippen LogP contribution in [0.2, 0.25) is 0 Å². The van der Waals surface area contributed by atoms with Gasteiger partial charge in [0.05, 0.1) is 0 Å². The smallest absolute Gasteiger partial charge is 0.192 e. The van der Waals surface area contributed by atoms with Crippen molar-refractivity contribution in [3.8, 4) is 0 Å². The Kier molecular flexibility index (Phi) is 3.32. The fourth-order valence-electron chi connectivity index (χ4n) is 1.21. The van der Waals surface area contributed by atoms with Gasteiger partial charge in [-0.15, -0.1) is 0 Å². The molecule has 1 heterocycles. The zero-order valence-electron chi connectivity index (χ0n) is 8.13. The second-order valence-corrected chi connectivity index (χ2v) is 3.95. The summed E-state index contributed by atoms with van der Waals surface area (Å²) in [4.78, 5) is 9.44. The van der Waals surface area contributed by atoms with E-state index in [0.717, 1.165) is 15.6 Å². The maximum atomic E-state index is 5.65. The lowest BCUT2D eigenvalue weighted by molar-refractivity contribution is 0.960. The van der Waals surface area contributed by atoms with Crippen LogP contribution < -0.4 is 5.73 Å². The highest BCUT2D eigenvalue weighted by atomic mass is 32.2. The number of hydrogen-bond acceptors (Lipinski definition) is 4. The van der Waals surface area contributed by atoms with Crippen LogP contribution in [-0.4, -0.2) is 9.97 Å². The number of aromatic nitrogens is 2. The van der Waals surface area contributed by atoms with Crippen LogP contribution in [0.15, 0.2) is 52.8 Å². The molecule has 3 nitrogen and oxygen atoms in total. The minimum absolute atomic E-state index is 0.538. The first kappa shape index (κ1) is 10.1. The van der Waals surface area contributed by atoms with E-state index in [1.54, 1.807) is 18.5 Å². The highest BCUT2D eigenvalue weighted by molar-refractivity contribution is 7.99. The van der Waals surface area contributed by atoms with Crippen molar-refractivity contribution in [2.24, 2.45) is 5.73 Å². The fraction of sp³-hybridized carbons (Fsp3) is 0.0909. The van der Waals surface area contributed by atoms with Crippen molar-refractivity contribution in [1.82, 2.24) is 9.97 Å². The Hall–Kier alpha value is -1.39. The largest absolute Gasteiger partial charge is 0.326 e. The van der Waals surface area contributed by atoms with Crippen LogP contribution in [0.4, 0.5) is 0 Å². The number of hydrogen-bond donors (Lipinski definition) is 1. The third kappa shape index (κ3) is 2.55. The lowest BCUT2D eigenvalue weighted by Gasteiger charge is -2.04. The number of nitrogens with two attached hydrogens (primary N) is 1. The molecule has 0 radical (unpaired) electrons. The summed E-state index contributed by atoms with van der Waals surface area (Å²) < 4.78 is 0. The summed E-state index contributed by atoms with van der Waals surface area (Å²) >= 11 is 1.54. The predicted molar refractivity (Wildman–Crippen MR) is 60.5 cm³/mol. The van der Waals surface area contributed by atoms with Gasteiger partial charge in [-0.05, 0) is 29.5 Å². The zero-order valence-corrected chi connectivity index (χ0v) is 8.95. The Morgan fingerprint density at radius 3 is 2.53 bits per heavy atom. The van der Waals surface area contributed by atoms with Crippen LogP contribution in [0.5, 0.6) is 0 Å². The monoisotopic (exact) mass is 217 g/mol. The van der Waals surface area contributed by atoms with E-state index in [1.807, 2.05) is 24.3 Å². The zero-order chi connectivity index (χ0) is 10.5. The second-order valence-electron chi connectivity index (χ2n) is 2.95. The molecule has 1 aromatic heterocycles. The topological polar surface area (TPSA) is 51.8 Å². The molecular formula is C11H11N3S. The van der Waals surface area contributed by atoms with E-state index in [4.69, 9.17) is 5.73 Å². The minimum atomic E-state index is 0.538. The quantitative estimate of drug-likeness (QED) is 0.800. The third-order valence-corrected chi connectivity index (χ3v) is 2.95. The van der Waals surface area contributed by atoms with Gasteiger partial charge in [0, 0.05) is 23.8 Å². The molecule has 0 saturated heterocycles.